The highest BCUT2D eigenvalue weighted by Gasteiger charge is 2.15. The van der Waals surface area contributed by atoms with E-state index in [9.17, 15) is 0 Å². The number of hydrogen-bond acceptors (Lipinski definition) is 2. The van der Waals surface area contributed by atoms with Gasteiger partial charge in [0.15, 0.2) is 5.16 Å². The standard InChI is InChI=1S/C8H12N2S/c1-6(2)7-5-10-3-4-11-8(10)9-7/h5-6H,3-4H2,1-2H3. The third-order valence-electron chi connectivity index (χ3n) is 1.91. The normalized spacial score (nSPS) is 15.9. The minimum absolute atomic E-state index is 0.564. The number of thioether (sulfide) groups is 1. The summed E-state index contributed by atoms with van der Waals surface area (Å²) in [6.07, 6.45) is 2.18. The van der Waals surface area contributed by atoms with Crippen molar-refractivity contribution in [1.29, 1.82) is 0 Å². The molecule has 0 bridgehead atoms. The van der Waals surface area contributed by atoms with Crippen LogP contribution < -0.4 is 0 Å². The summed E-state index contributed by atoms with van der Waals surface area (Å²) in [5.41, 5.74) is 1.23. The van der Waals surface area contributed by atoms with E-state index in [2.05, 4.69) is 29.6 Å². The summed E-state index contributed by atoms with van der Waals surface area (Å²) in [5.74, 6) is 1.76. The Bertz CT molecular complexity index is 244. The van der Waals surface area contributed by atoms with E-state index in [0.29, 0.717) is 5.92 Å². The molecule has 0 aliphatic carbocycles. The van der Waals surface area contributed by atoms with Crippen LogP contribution in [0.1, 0.15) is 25.5 Å². The maximum Gasteiger partial charge on any atom is 0.168 e. The third-order valence-corrected chi connectivity index (χ3v) is 2.88. The van der Waals surface area contributed by atoms with Gasteiger partial charge >= 0.3 is 0 Å². The van der Waals surface area contributed by atoms with Gasteiger partial charge in [-0.1, -0.05) is 25.6 Å². The lowest BCUT2D eigenvalue weighted by Gasteiger charge is -1.96. The lowest BCUT2D eigenvalue weighted by atomic mass is 10.2. The summed E-state index contributed by atoms with van der Waals surface area (Å²) in [5, 5.41) is 1.20. The SMILES string of the molecule is CC(C)c1cn2c(n1)SCC2. The van der Waals surface area contributed by atoms with Crippen molar-refractivity contribution in [2.45, 2.75) is 31.5 Å². The molecule has 0 atom stereocenters. The van der Waals surface area contributed by atoms with Crippen LogP contribution in [0, 0.1) is 0 Å². The average molecular weight is 168 g/mol. The van der Waals surface area contributed by atoms with Crippen molar-refractivity contribution in [3.8, 4) is 0 Å². The van der Waals surface area contributed by atoms with Crippen LogP contribution >= 0.6 is 11.8 Å². The minimum atomic E-state index is 0.564. The van der Waals surface area contributed by atoms with Gasteiger partial charge < -0.3 is 4.57 Å². The molecule has 0 unspecified atom stereocenters. The molecule has 1 aliphatic heterocycles. The Morgan fingerprint density at radius 3 is 3.09 bits per heavy atom. The second-order valence-corrected chi connectivity index (χ2v) is 4.21. The lowest BCUT2D eigenvalue weighted by molar-refractivity contribution is 0.719. The number of hydrogen-bond donors (Lipinski definition) is 0. The number of fused-ring (bicyclic) bond motifs is 1. The van der Waals surface area contributed by atoms with Gasteiger partial charge in [0.05, 0.1) is 5.69 Å². The topological polar surface area (TPSA) is 17.8 Å². The van der Waals surface area contributed by atoms with Crippen molar-refractivity contribution in [1.82, 2.24) is 9.55 Å². The second kappa shape index (κ2) is 2.55. The summed E-state index contributed by atoms with van der Waals surface area (Å²) in [7, 11) is 0. The molecule has 0 saturated heterocycles. The van der Waals surface area contributed by atoms with Crippen LogP contribution in [0.3, 0.4) is 0 Å². The fraction of sp³-hybridized carbons (Fsp3) is 0.625. The molecule has 11 heavy (non-hydrogen) atoms. The van der Waals surface area contributed by atoms with Crippen molar-refractivity contribution < 1.29 is 0 Å². The smallest absolute Gasteiger partial charge is 0.168 e. The maximum atomic E-state index is 4.52. The molecule has 1 aromatic heterocycles. The lowest BCUT2D eigenvalue weighted by Crippen LogP contribution is -1.90. The molecular formula is C8H12N2S. The van der Waals surface area contributed by atoms with Gasteiger partial charge in [-0.2, -0.15) is 0 Å². The molecular weight excluding hydrogens is 156 g/mol. The largest absolute Gasteiger partial charge is 0.325 e. The number of aromatic nitrogens is 2. The predicted molar refractivity (Wildman–Crippen MR) is 47.0 cm³/mol. The second-order valence-electron chi connectivity index (χ2n) is 3.14. The summed E-state index contributed by atoms with van der Waals surface area (Å²) in [6, 6.07) is 0. The summed E-state index contributed by atoms with van der Waals surface area (Å²) >= 11 is 1.86. The predicted octanol–water partition coefficient (Wildman–Crippen LogP) is 2.11. The first-order valence-corrected chi connectivity index (χ1v) is 4.96. The number of imidazole rings is 1. The molecule has 0 spiro atoms. The maximum absolute atomic E-state index is 4.52. The molecule has 0 amide bonds. The van der Waals surface area contributed by atoms with Gasteiger partial charge in [0.25, 0.3) is 0 Å². The van der Waals surface area contributed by atoms with Gasteiger partial charge in [0.1, 0.15) is 0 Å². The summed E-state index contributed by atoms with van der Waals surface area (Å²) in [6.45, 7) is 5.51. The van der Waals surface area contributed by atoms with Gasteiger partial charge in [-0.05, 0) is 5.92 Å². The fourth-order valence-corrected chi connectivity index (χ4v) is 2.16. The number of aryl methyl sites for hydroxylation is 1. The Morgan fingerprint density at radius 2 is 2.45 bits per heavy atom. The summed E-state index contributed by atoms with van der Waals surface area (Å²) < 4.78 is 2.25. The Kier molecular flexibility index (Phi) is 1.68. The Hall–Kier alpha value is -0.440. The Balaban J connectivity index is 2.34. The van der Waals surface area contributed by atoms with Crippen molar-refractivity contribution in [3.05, 3.63) is 11.9 Å². The monoisotopic (exact) mass is 168 g/mol. The molecule has 3 heteroatoms. The Morgan fingerprint density at radius 1 is 1.64 bits per heavy atom. The van der Waals surface area contributed by atoms with E-state index in [1.807, 2.05) is 11.8 Å². The van der Waals surface area contributed by atoms with E-state index < -0.39 is 0 Å². The molecule has 60 valence electrons. The molecule has 0 aromatic carbocycles. The van der Waals surface area contributed by atoms with Gasteiger partial charge in [-0.3, -0.25) is 0 Å². The quantitative estimate of drug-likeness (QED) is 0.639. The molecule has 1 aliphatic rings. The van der Waals surface area contributed by atoms with Gasteiger partial charge in [-0.15, -0.1) is 0 Å². The van der Waals surface area contributed by atoms with E-state index in [-0.39, 0.29) is 0 Å². The minimum Gasteiger partial charge on any atom is -0.325 e. The first-order chi connectivity index (χ1) is 5.27. The number of rotatable bonds is 1. The first kappa shape index (κ1) is 7.22. The van der Waals surface area contributed by atoms with Crippen LogP contribution in [0.2, 0.25) is 0 Å². The van der Waals surface area contributed by atoms with Crippen LogP contribution in [0.4, 0.5) is 0 Å². The molecule has 0 fully saturated rings. The van der Waals surface area contributed by atoms with Crippen LogP contribution in [0.25, 0.3) is 0 Å². The average Bonchev–Trinajstić information content (AvgIpc) is 2.40. The van der Waals surface area contributed by atoms with Crippen molar-refractivity contribution >= 4 is 11.8 Å². The highest BCUT2D eigenvalue weighted by atomic mass is 32.2. The molecule has 2 rings (SSSR count). The van der Waals surface area contributed by atoms with Gasteiger partial charge in [0, 0.05) is 18.5 Å². The van der Waals surface area contributed by atoms with E-state index >= 15 is 0 Å². The molecule has 0 saturated carbocycles. The third kappa shape index (κ3) is 1.18. The molecule has 1 aromatic rings. The molecule has 2 heterocycles. The van der Waals surface area contributed by atoms with Crippen LogP contribution in [0.15, 0.2) is 11.4 Å². The van der Waals surface area contributed by atoms with Crippen molar-refractivity contribution in [2.75, 3.05) is 5.75 Å². The zero-order valence-electron chi connectivity index (χ0n) is 6.87. The zero-order chi connectivity index (χ0) is 7.84. The Labute approximate surface area is 71.0 Å². The first-order valence-electron chi connectivity index (χ1n) is 3.97. The van der Waals surface area contributed by atoms with E-state index in [0.717, 1.165) is 6.54 Å². The van der Waals surface area contributed by atoms with E-state index in [1.54, 1.807) is 0 Å². The van der Waals surface area contributed by atoms with Crippen molar-refractivity contribution in [2.24, 2.45) is 0 Å². The molecule has 0 radical (unpaired) electrons. The zero-order valence-corrected chi connectivity index (χ0v) is 7.69. The highest BCUT2D eigenvalue weighted by Crippen LogP contribution is 2.26. The van der Waals surface area contributed by atoms with E-state index in [4.69, 9.17) is 0 Å². The van der Waals surface area contributed by atoms with E-state index in [1.165, 1.54) is 16.6 Å². The van der Waals surface area contributed by atoms with Crippen molar-refractivity contribution in [3.63, 3.8) is 0 Å². The fourth-order valence-electron chi connectivity index (χ4n) is 1.21. The van der Waals surface area contributed by atoms with Gasteiger partial charge in [-0.25, -0.2) is 4.98 Å². The van der Waals surface area contributed by atoms with Crippen LogP contribution in [0.5, 0.6) is 0 Å². The highest BCUT2D eigenvalue weighted by molar-refractivity contribution is 7.99. The number of nitrogens with zero attached hydrogens (tertiary/aromatic N) is 2. The molecule has 2 nitrogen and oxygen atoms in total. The summed E-state index contributed by atoms with van der Waals surface area (Å²) in [4.78, 5) is 4.52. The van der Waals surface area contributed by atoms with Crippen LogP contribution in [-0.4, -0.2) is 15.3 Å². The van der Waals surface area contributed by atoms with Gasteiger partial charge in [0.2, 0.25) is 0 Å². The molecule has 0 N–H and O–H groups in total. The van der Waals surface area contributed by atoms with Crippen LogP contribution in [-0.2, 0) is 6.54 Å².